The predicted molar refractivity (Wildman–Crippen MR) is 73.3 cm³/mol. The molecule has 0 atom stereocenters. The lowest BCUT2D eigenvalue weighted by atomic mass is 10.1. The Morgan fingerprint density at radius 3 is 2.74 bits per heavy atom. The van der Waals surface area contributed by atoms with Gasteiger partial charge in [0.05, 0.1) is 24.7 Å². The minimum Gasteiger partial charge on any atom is -0.399 e. The molecule has 0 radical (unpaired) electrons. The summed E-state index contributed by atoms with van der Waals surface area (Å²) in [4.78, 5) is 0.206. The van der Waals surface area contributed by atoms with E-state index in [2.05, 4.69) is 4.72 Å². The van der Waals surface area contributed by atoms with Crippen molar-refractivity contribution in [3.8, 4) is 0 Å². The van der Waals surface area contributed by atoms with Crippen molar-refractivity contribution < 1.29 is 18.3 Å². The van der Waals surface area contributed by atoms with Crippen molar-refractivity contribution in [2.75, 3.05) is 32.1 Å². The molecule has 0 bridgehead atoms. The fraction of sp³-hybridized carbons (Fsp3) is 0.500. The molecule has 1 aromatic carbocycles. The van der Waals surface area contributed by atoms with Crippen molar-refractivity contribution in [1.29, 1.82) is 0 Å². The summed E-state index contributed by atoms with van der Waals surface area (Å²) in [5.74, 6) is 0. The van der Waals surface area contributed by atoms with E-state index in [-0.39, 0.29) is 31.3 Å². The summed E-state index contributed by atoms with van der Waals surface area (Å²) >= 11 is 0. The van der Waals surface area contributed by atoms with Crippen LogP contribution in [0.5, 0.6) is 0 Å². The second kappa shape index (κ2) is 7.44. The average molecular weight is 288 g/mol. The van der Waals surface area contributed by atoms with Crippen molar-refractivity contribution >= 4 is 15.7 Å². The van der Waals surface area contributed by atoms with Crippen LogP contribution in [0.4, 0.5) is 5.69 Å². The average Bonchev–Trinajstić information content (AvgIpc) is 2.38. The first-order chi connectivity index (χ1) is 9.01. The Labute approximate surface area is 113 Å². The van der Waals surface area contributed by atoms with E-state index in [9.17, 15) is 8.42 Å². The highest BCUT2D eigenvalue weighted by atomic mass is 32.2. The molecule has 1 aromatic rings. The van der Waals surface area contributed by atoms with Crippen molar-refractivity contribution in [2.45, 2.75) is 18.2 Å². The number of hydrogen-bond acceptors (Lipinski definition) is 5. The van der Waals surface area contributed by atoms with Gasteiger partial charge in [0.25, 0.3) is 0 Å². The molecule has 0 heterocycles. The highest BCUT2D eigenvalue weighted by Crippen LogP contribution is 2.19. The van der Waals surface area contributed by atoms with Crippen LogP contribution in [0, 0.1) is 0 Å². The number of rotatable bonds is 8. The van der Waals surface area contributed by atoms with Crippen LogP contribution < -0.4 is 10.5 Å². The van der Waals surface area contributed by atoms with E-state index in [4.69, 9.17) is 15.6 Å². The van der Waals surface area contributed by atoms with Gasteiger partial charge in [0.2, 0.25) is 10.0 Å². The highest BCUT2D eigenvalue weighted by Gasteiger charge is 2.17. The Balaban J connectivity index is 2.74. The predicted octanol–water partition coefficient (Wildman–Crippen LogP) is 0.118. The molecular weight excluding hydrogens is 268 g/mol. The highest BCUT2D eigenvalue weighted by molar-refractivity contribution is 7.89. The van der Waals surface area contributed by atoms with Crippen LogP contribution in [-0.2, 0) is 21.2 Å². The summed E-state index contributed by atoms with van der Waals surface area (Å²) in [6.45, 7) is 2.36. The molecule has 1 rings (SSSR count). The Morgan fingerprint density at radius 1 is 1.37 bits per heavy atom. The van der Waals surface area contributed by atoms with Gasteiger partial charge in [0.15, 0.2) is 0 Å². The number of benzene rings is 1. The first kappa shape index (κ1) is 15.9. The molecule has 19 heavy (non-hydrogen) atoms. The summed E-state index contributed by atoms with van der Waals surface area (Å²) in [6, 6.07) is 4.85. The fourth-order valence-electron chi connectivity index (χ4n) is 1.61. The minimum atomic E-state index is -3.59. The molecule has 0 aliphatic rings. The molecule has 7 heteroatoms. The number of nitrogens with two attached hydrogens (primary N) is 1. The van der Waals surface area contributed by atoms with E-state index in [0.29, 0.717) is 12.1 Å². The van der Waals surface area contributed by atoms with Gasteiger partial charge in [-0.2, -0.15) is 0 Å². The summed E-state index contributed by atoms with van der Waals surface area (Å²) in [5.41, 5.74) is 6.76. The van der Waals surface area contributed by atoms with Crippen LogP contribution in [0.15, 0.2) is 23.1 Å². The van der Waals surface area contributed by atoms with Crippen molar-refractivity contribution in [3.63, 3.8) is 0 Å². The summed E-state index contributed by atoms with van der Waals surface area (Å²) < 4.78 is 31.7. The lowest BCUT2D eigenvalue weighted by molar-refractivity contribution is 0.0961. The van der Waals surface area contributed by atoms with Crippen LogP contribution in [0.1, 0.15) is 12.5 Å². The zero-order chi connectivity index (χ0) is 14.3. The van der Waals surface area contributed by atoms with Crippen LogP contribution in [0.2, 0.25) is 0 Å². The van der Waals surface area contributed by atoms with Crippen molar-refractivity contribution in [3.05, 3.63) is 23.8 Å². The van der Waals surface area contributed by atoms with E-state index in [1.54, 1.807) is 12.1 Å². The second-order valence-corrected chi connectivity index (χ2v) is 5.69. The number of hydrogen-bond donors (Lipinski definition) is 3. The molecule has 6 nitrogen and oxygen atoms in total. The van der Waals surface area contributed by atoms with E-state index in [1.165, 1.54) is 6.07 Å². The van der Waals surface area contributed by atoms with E-state index in [1.807, 2.05) is 6.92 Å². The van der Waals surface area contributed by atoms with Crippen LogP contribution in [-0.4, -0.2) is 39.9 Å². The van der Waals surface area contributed by atoms with Crippen LogP contribution in [0.3, 0.4) is 0 Å². The van der Waals surface area contributed by atoms with Gasteiger partial charge in [-0.3, -0.25) is 0 Å². The molecule has 108 valence electrons. The first-order valence-corrected chi connectivity index (χ1v) is 7.56. The molecule has 0 aromatic heterocycles. The molecule has 0 fully saturated rings. The molecular formula is C12H20N2O4S. The summed E-state index contributed by atoms with van der Waals surface area (Å²) in [6.07, 6.45) is 0.609. The minimum absolute atomic E-state index is 0.0814. The van der Waals surface area contributed by atoms with Gasteiger partial charge in [0.1, 0.15) is 0 Å². The van der Waals surface area contributed by atoms with Gasteiger partial charge in [-0.15, -0.1) is 0 Å². The number of aryl methyl sites for hydroxylation is 1. The first-order valence-electron chi connectivity index (χ1n) is 6.08. The number of aliphatic hydroxyl groups excluding tert-OH is 1. The normalized spacial score (nSPS) is 11.7. The fourth-order valence-corrected chi connectivity index (χ4v) is 2.96. The topological polar surface area (TPSA) is 102 Å². The van der Waals surface area contributed by atoms with Gasteiger partial charge in [-0.25, -0.2) is 13.1 Å². The van der Waals surface area contributed by atoms with Gasteiger partial charge >= 0.3 is 0 Å². The third kappa shape index (κ3) is 4.79. The molecule has 4 N–H and O–H groups in total. The van der Waals surface area contributed by atoms with Crippen molar-refractivity contribution in [1.82, 2.24) is 4.72 Å². The number of nitrogen functional groups attached to an aromatic ring is 1. The van der Waals surface area contributed by atoms with Gasteiger partial charge < -0.3 is 15.6 Å². The van der Waals surface area contributed by atoms with Crippen LogP contribution >= 0.6 is 0 Å². The van der Waals surface area contributed by atoms with E-state index < -0.39 is 10.0 Å². The maximum atomic E-state index is 12.1. The quantitative estimate of drug-likeness (QED) is 0.466. The molecule has 0 saturated carbocycles. The van der Waals surface area contributed by atoms with Gasteiger partial charge in [0, 0.05) is 12.2 Å². The van der Waals surface area contributed by atoms with E-state index >= 15 is 0 Å². The molecule has 0 spiro atoms. The largest absolute Gasteiger partial charge is 0.399 e. The Bertz CT molecular complexity index is 502. The Morgan fingerprint density at radius 2 is 2.11 bits per heavy atom. The lowest BCUT2D eigenvalue weighted by Gasteiger charge is -2.11. The van der Waals surface area contributed by atoms with Gasteiger partial charge in [-0.1, -0.05) is 13.0 Å². The maximum absolute atomic E-state index is 12.1. The molecule has 0 saturated heterocycles. The Hall–Kier alpha value is -1.15. The number of anilines is 1. The molecule has 0 amide bonds. The van der Waals surface area contributed by atoms with Gasteiger partial charge in [-0.05, 0) is 24.1 Å². The Kier molecular flexibility index (Phi) is 6.23. The number of ether oxygens (including phenoxy) is 1. The monoisotopic (exact) mass is 288 g/mol. The van der Waals surface area contributed by atoms with E-state index in [0.717, 1.165) is 5.56 Å². The number of sulfonamides is 1. The molecule has 0 unspecified atom stereocenters. The summed E-state index contributed by atoms with van der Waals surface area (Å²) in [7, 11) is -3.59. The second-order valence-electron chi connectivity index (χ2n) is 3.95. The third-order valence-corrected chi connectivity index (χ3v) is 4.08. The maximum Gasteiger partial charge on any atom is 0.240 e. The van der Waals surface area contributed by atoms with Crippen molar-refractivity contribution in [2.24, 2.45) is 0 Å². The number of aliphatic hydroxyl groups is 1. The smallest absolute Gasteiger partial charge is 0.240 e. The lowest BCUT2D eigenvalue weighted by Crippen LogP contribution is -2.28. The SMILES string of the molecule is CCc1ccc(N)cc1S(=O)(=O)NCCOCCO. The zero-order valence-electron chi connectivity index (χ0n) is 10.9. The standard InChI is InChI=1S/C12H20N2O4S/c1-2-10-3-4-11(13)9-12(10)19(16,17)14-5-7-18-8-6-15/h3-4,9,14-15H,2,5-8,13H2,1H3. The zero-order valence-corrected chi connectivity index (χ0v) is 11.7. The molecule has 0 aliphatic carbocycles. The molecule has 0 aliphatic heterocycles. The number of nitrogens with one attached hydrogen (secondary N) is 1. The van der Waals surface area contributed by atoms with Crippen LogP contribution in [0.25, 0.3) is 0 Å². The third-order valence-electron chi connectivity index (χ3n) is 2.54. The summed E-state index contributed by atoms with van der Waals surface area (Å²) in [5, 5.41) is 8.52.